The van der Waals surface area contributed by atoms with Crippen LogP contribution >= 0.6 is 0 Å². The molecule has 1 saturated heterocycles. The van der Waals surface area contributed by atoms with Crippen molar-refractivity contribution in [3.05, 3.63) is 35.6 Å². The Kier molecular flexibility index (Phi) is 15.1. The first-order valence-electron chi connectivity index (χ1n) is 12.9. The van der Waals surface area contributed by atoms with Gasteiger partial charge in [-0.1, -0.05) is 83.3 Å². The third-order valence-corrected chi connectivity index (χ3v) is 6.86. The van der Waals surface area contributed by atoms with Crippen molar-refractivity contribution in [1.29, 1.82) is 0 Å². The van der Waals surface area contributed by atoms with Crippen molar-refractivity contribution in [2.75, 3.05) is 33.2 Å². The smallest absolute Gasteiger partial charge is 0.222 e. The van der Waals surface area contributed by atoms with Gasteiger partial charge < -0.3 is 26.4 Å². The minimum Gasteiger partial charge on any atom is -1.00 e. The highest BCUT2D eigenvalue weighted by molar-refractivity contribution is 5.76. The molecule has 1 heterocycles. The maximum absolute atomic E-state index is 13.2. The van der Waals surface area contributed by atoms with Crippen LogP contribution in [0.2, 0.25) is 0 Å². The number of hydrogen-bond acceptors (Lipinski definition) is 1. The highest BCUT2D eigenvalue weighted by Gasteiger charge is 2.28. The van der Waals surface area contributed by atoms with Crippen LogP contribution in [0, 0.1) is 5.82 Å². The number of carbonyl (C=O) groups excluding carboxylic acids is 1. The molecular formula is C27H46BrFN2O. The lowest BCUT2D eigenvalue weighted by Gasteiger charge is -2.33. The molecule has 0 aliphatic carbocycles. The van der Waals surface area contributed by atoms with Gasteiger partial charge in [-0.05, 0) is 18.6 Å². The summed E-state index contributed by atoms with van der Waals surface area (Å²) in [5, 5.41) is 0. The maximum atomic E-state index is 13.2. The zero-order valence-corrected chi connectivity index (χ0v) is 22.2. The predicted molar refractivity (Wildman–Crippen MR) is 128 cm³/mol. The maximum Gasteiger partial charge on any atom is 0.222 e. The molecule has 32 heavy (non-hydrogen) atoms. The van der Waals surface area contributed by atoms with Crippen LogP contribution in [0.4, 0.5) is 4.39 Å². The van der Waals surface area contributed by atoms with Crippen molar-refractivity contribution in [3.63, 3.8) is 0 Å². The molecule has 1 aromatic carbocycles. The van der Waals surface area contributed by atoms with Gasteiger partial charge in [-0.2, -0.15) is 0 Å². The third kappa shape index (κ3) is 11.8. The zero-order chi connectivity index (χ0) is 22.4. The van der Waals surface area contributed by atoms with Gasteiger partial charge in [0, 0.05) is 24.9 Å². The van der Waals surface area contributed by atoms with Crippen LogP contribution in [0.15, 0.2) is 24.3 Å². The number of likely N-dealkylation sites (N-methyl/N-ethyl adjacent to an activating group) is 1. The summed E-state index contributed by atoms with van der Waals surface area (Å²) in [6.07, 6.45) is 16.2. The Balaban J connectivity index is 0.00000512. The fourth-order valence-corrected chi connectivity index (χ4v) is 4.77. The van der Waals surface area contributed by atoms with E-state index in [1.54, 1.807) is 12.1 Å². The van der Waals surface area contributed by atoms with Crippen molar-refractivity contribution in [2.24, 2.45) is 0 Å². The van der Waals surface area contributed by atoms with Gasteiger partial charge in [0.25, 0.3) is 0 Å². The van der Waals surface area contributed by atoms with Gasteiger partial charge in [-0.3, -0.25) is 4.79 Å². The fraction of sp³-hybridized carbons (Fsp3) is 0.741. The van der Waals surface area contributed by atoms with Gasteiger partial charge in [-0.15, -0.1) is 0 Å². The summed E-state index contributed by atoms with van der Waals surface area (Å²) in [6, 6.07) is 6.86. The second kappa shape index (κ2) is 16.6. The molecule has 0 radical (unpaired) electrons. The Hall–Kier alpha value is -0.940. The quantitative estimate of drug-likeness (QED) is 0.275. The van der Waals surface area contributed by atoms with E-state index >= 15 is 0 Å². The van der Waals surface area contributed by atoms with Crippen LogP contribution in [0.25, 0.3) is 0 Å². The van der Waals surface area contributed by atoms with Gasteiger partial charge in [-0.25, -0.2) is 4.39 Å². The average Bonchev–Trinajstić information content (AvgIpc) is 2.95. The van der Waals surface area contributed by atoms with Gasteiger partial charge in [0.05, 0.1) is 26.7 Å². The van der Waals surface area contributed by atoms with E-state index in [-0.39, 0.29) is 22.8 Å². The topological polar surface area (TPSA) is 20.3 Å². The van der Waals surface area contributed by atoms with E-state index in [4.69, 9.17) is 0 Å². The minimum absolute atomic E-state index is 0. The number of rotatable bonds is 14. The first-order chi connectivity index (χ1) is 15.0. The van der Waals surface area contributed by atoms with Gasteiger partial charge >= 0.3 is 0 Å². The number of carbonyl (C=O) groups is 1. The Labute approximate surface area is 207 Å². The molecule has 2 rings (SSSR count). The largest absolute Gasteiger partial charge is 1.00 e. The molecule has 1 unspecified atom stereocenters. The zero-order valence-electron chi connectivity index (χ0n) is 20.6. The molecule has 184 valence electrons. The number of nitrogens with zero attached hydrogens (tertiary/aromatic N) is 2. The van der Waals surface area contributed by atoms with Crippen LogP contribution in [0.3, 0.4) is 0 Å². The highest BCUT2D eigenvalue weighted by atomic mass is 79.9. The van der Waals surface area contributed by atoms with E-state index < -0.39 is 0 Å². The van der Waals surface area contributed by atoms with E-state index in [2.05, 4.69) is 18.9 Å². The van der Waals surface area contributed by atoms with Crippen molar-refractivity contribution in [3.8, 4) is 0 Å². The Bertz CT molecular complexity index is 625. The molecule has 1 aliphatic heterocycles. The van der Waals surface area contributed by atoms with Crippen molar-refractivity contribution < 1.29 is 30.6 Å². The molecule has 0 saturated carbocycles. The SMILES string of the molecule is CCCCCCCCCCCCCC(=O)N1CCC[N+](C)(Cc2ccc(F)cc2)CC1.[Br-]. The van der Waals surface area contributed by atoms with Gasteiger partial charge in [0.15, 0.2) is 0 Å². The van der Waals surface area contributed by atoms with E-state index in [9.17, 15) is 9.18 Å². The summed E-state index contributed by atoms with van der Waals surface area (Å²) in [4.78, 5) is 14.8. The van der Waals surface area contributed by atoms with Crippen LogP contribution < -0.4 is 17.0 Å². The standard InChI is InChI=1S/C27H46FN2O.BrH/c1-3-4-5-6-7-8-9-10-11-12-13-15-27(31)29-20-14-22-30(2,23-21-29)24-25-16-18-26(28)19-17-25;/h16-19H,3-15,20-24H2,1-2H3;1H/q+1;/p-1. The second-order valence-corrected chi connectivity index (χ2v) is 9.87. The molecular weight excluding hydrogens is 467 g/mol. The van der Waals surface area contributed by atoms with E-state index in [0.717, 1.165) is 50.0 Å². The third-order valence-electron chi connectivity index (χ3n) is 6.86. The normalized spacial score (nSPS) is 18.8. The molecule has 1 amide bonds. The highest BCUT2D eigenvalue weighted by Crippen LogP contribution is 2.18. The monoisotopic (exact) mass is 512 g/mol. The summed E-state index contributed by atoms with van der Waals surface area (Å²) in [7, 11) is 2.27. The lowest BCUT2D eigenvalue weighted by Crippen LogP contribution is -3.00. The molecule has 0 aromatic heterocycles. The van der Waals surface area contributed by atoms with Crippen LogP contribution in [-0.2, 0) is 11.3 Å². The second-order valence-electron chi connectivity index (χ2n) is 9.87. The van der Waals surface area contributed by atoms with Crippen LogP contribution in [0.5, 0.6) is 0 Å². The molecule has 0 bridgehead atoms. The summed E-state index contributed by atoms with van der Waals surface area (Å²) < 4.78 is 14.1. The summed E-state index contributed by atoms with van der Waals surface area (Å²) >= 11 is 0. The van der Waals surface area contributed by atoms with Crippen molar-refractivity contribution in [1.82, 2.24) is 4.90 Å². The van der Waals surface area contributed by atoms with Crippen LogP contribution in [0.1, 0.15) is 96.0 Å². The average molecular weight is 514 g/mol. The molecule has 0 spiro atoms. The lowest BCUT2D eigenvalue weighted by atomic mass is 10.1. The Morgan fingerprint density at radius 3 is 2.03 bits per heavy atom. The first kappa shape index (κ1) is 29.1. The number of quaternary nitrogens is 1. The van der Waals surface area contributed by atoms with Gasteiger partial charge in [0.2, 0.25) is 5.91 Å². The number of amides is 1. The molecule has 1 atom stereocenters. The first-order valence-corrected chi connectivity index (χ1v) is 12.9. The summed E-state index contributed by atoms with van der Waals surface area (Å²) in [5.74, 6) is 0.160. The molecule has 3 nitrogen and oxygen atoms in total. The molecule has 0 N–H and O–H groups in total. The van der Waals surface area contributed by atoms with E-state index in [0.29, 0.717) is 12.3 Å². The number of unbranched alkanes of at least 4 members (excludes halogenated alkanes) is 10. The van der Waals surface area contributed by atoms with Crippen LogP contribution in [-0.4, -0.2) is 48.5 Å². The molecule has 1 aliphatic rings. The van der Waals surface area contributed by atoms with Crippen molar-refractivity contribution >= 4 is 5.91 Å². The fourth-order valence-electron chi connectivity index (χ4n) is 4.77. The van der Waals surface area contributed by atoms with Crippen molar-refractivity contribution in [2.45, 2.75) is 96.9 Å². The molecule has 1 aromatic rings. The predicted octanol–water partition coefficient (Wildman–Crippen LogP) is 3.71. The minimum atomic E-state index is -0.179. The Morgan fingerprint density at radius 1 is 0.875 bits per heavy atom. The van der Waals surface area contributed by atoms with E-state index in [1.165, 1.54) is 69.8 Å². The molecule has 1 fully saturated rings. The summed E-state index contributed by atoms with van der Waals surface area (Å²) in [5.41, 5.74) is 1.17. The Morgan fingerprint density at radius 2 is 1.44 bits per heavy atom. The van der Waals surface area contributed by atoms with E-state index in [1.807, 2.05) is 12.1 Å². The van der Waals surface area contributed by atoms with Gasteiger partial charge in [0.1, 0.15) is 12.4 Å². The number of hydrogen-bond donors (Lipinski definition) is 0. The number of benzene rings is 1. The summed E-state index contributed by atoms with van der Waals surface area (Å²) in [6.45, 7) is 6.94. The number of halogens is 2. The lowest BCUT2D eigenvalue weighted by molar-refractivity contribution is -0.920. The molecule has 5 heteroatoms.